The molecular formula is C38H40N7O9S2+. The van der Waals surface area contributed by atoms with Gasteiger partial charge in [-0.05, 0) is 61.4 Å². The minimum atomic E-state index is -4.52. The predicted molar refractivity (Wildman–Crippen MR) is 205 cm³/mol. The second kappa shape index (κ2) is 15.1. The van der Waals surface area contributed by atoms with Crippen LogP contribution >= 0.6 is 0 Å². The number of amides is 1. The molecule has 0 spiro atoms. The number of nitrogens with zero attached hydrogens (tertiary/aromatic N) is 6. The number of aliphatic carboxylic acids is 1. The Kier molecular flexibility index (Phi) is 10.8. The Morgan fingerprint density at radius 1 is 0.839 bits per heavy atom. The molecule has 2 aliphatic rings. The number of nitrogens with one attached hydrogen (secondary N) is 1. The van der Waals surface area contributed by atoms with Gasteiger partial charge in [-0.1, -0.05) is 44.2 Å². The quantitative estimate of drug-likeness (QED) is 0.110. The summed E-state index contributed by atoms with van der Waals surface area (Å²) in [6.07, 6.45) is 6.52. The molecule has 4 aromatic rings. The van der Waals surface area contributed by atoms with E-state index in [9.17, 15) is 40.6 Å². The summed E-state index contributed by atoms with van der Waals surface area (Å²) >= 11 is 0. The van der Waals surface area contributed by atoms with Gasteiger partial charge in [0, 0.05) is 59.6 Å². The molecule has 4 N–H and O–H groups in total. The summed E-state index contributed by atoms with van der Waals surface area (Å²) in [4.78, 5) is 26.2. The summed E-state index contributed by atoms with van der Waals surface area (Å²) < 4.78 is 69.7. The van der Waals surface area contributed by atoms with Crippen LogP contribution in [0, 0.1) is 0 Å². The van der Waals surface area contributed by atoms with Crippen molar-refractivity contribution < 1.29 is 45.2 Å². The predicted octanol–water partition coefficient (Wildman–Crippen LogP) is 4.22. The van der Waals surface area contributed by atoms with Crippen LogP contribution in [-0.4, -0.2) is 86.7 Å². The molecule has 0 unspecified atom stereocenters. The van der Waals surface area contributed by atoms with Crippen LogP contribution < -0.4 is 10.2 Å². The zero-order valence-corrected chi connectivity index (χ0v) is 32.5. The highest BCUT2D eigenvalue weighted by molar-refractivity contribution is 7.86. The fourth-order valence-electron chi connectivity index (χ4n) is 7.14. The highest BCUT2D eigenvalue weighted by Crippen LogP contribution is 2.49. The first-order valence-electron chi connectivity index (χ1n) is 17.4. The fourth-order valence-corrected chi connectivity index (χ4v) is 8.16. The third-order valence-corrected chi connectivity index (χ3v) is 11.8. The number of anilines is 1. The molecule has 0 fully saturated rings. The summed E-state index contributed by atoms with van der Waals surface area (Å²) in [5, 5.41) is 27.8. The number of carbonyl (C=O) groups is 2. The number of fused-ring (bicyclic) bond motifs is 2. The molecule has 2 aliphatic heterocycles. The van der Waals surface area contributed by atoms with E-state index in [4.69, 9.17) is 0 Å². The van der Waals surface area contributed by atoms with Crippen molar-refractivity contribution in [3.8, 4) is 11.4 Å². The summed E-state index contributed by atoms with van der Waals surface area (Å²) in [7, 11) is -9.02. The van der Waals surface area contributed by atoms with Gasteiger partial charge in [-0.3, -0.25) is 18.7 Å². The molecule has 0 saturated heterocycles. The van der Waals surface area contributed by atoms with Crippen LogP contribution in [0.1, 0.15) is 57.2 Å². The van der Waals surface area contributed by atoms with Gasteiger partial charge in [0.25, 0.3) is 20.2 Å². The van der Waals surface area contributed by atoms with E-state index >= 15 is 0 Å². The normalized spacial score (nSPS) is 16.7. The number of allylic oxidation sites excluding steroid dienone is 4. The van der Waals surface area contributed by atoms with Crippen LogP contribution in [0.15, 0.2) is 101 Å². The monoisotopic (exact) mass is 802 g/mol. The molecule has 3 aromatic carbocycles. The third-order valence-electron chi connectivity index (χ3n) is 10.1. The van der Waals surface area contributed by atoms with Gasteiger partial charge in [0.15, 0.2) is 18.6 Å². The van der Waals surface area contributed by atoms with E-state index in [1.807, 2.05) is 50.8 Å². The number of benzene rings is 3. The highest BCUT2D eigenvalue weighted by Gasteiger charge is 2.45. The number of aromatic nitrogens is 4. The van der Waals surface area contributed by atoms with Gasteiger partial charge >= 0.3 is 5.97 Å². The van der Waals surface area contributed by atoms with Crippen LogP contribution in [0.4, 0.5) is 11.4 Å². The molecule has 6 rings (SSSR count). The Balaban J connectivity index is 1.29. The molecule has 1 aromatic heterocycles. The van der Waals surface area contributed by atoms with Crippen molar-refractivity contribution in [2.45, 2.75) is 67.7 Å². The van der Waals surface area contributed by atoms with E-state index in [0.29, 0.717) is 39.7 Å². The molecule has 0 atom stereocenters. The Bertz CT molecular complexity index is 2540. The standard InChI is InChI=1S/C38H39N7O9S2/c1-37(2)28-20-26(55(49,50)51)12-14-30(28)44(18-16-34(46)39-22-24-8-10-25(11-9-24)36-42-40-23-41-43-36)32(37)6-5-7-33-38(3,4)29-21-27(56(52,53)54)13-15-31(29)45(33)19-17-35(47)48/h5-15,20-21,23H,16-19,22H2,1-4H3,(H3-,39,46,47,48,49,50,51,52,53,54)/p+1. The number of carbonyl (C=O) groups excluding carboxylic acids is 1. The van der Waals surface area contributed by atoms with Crippen LogP contribution in [0.5, 0.6) is 0 Å². The summed E-state index contributed by atoms with van der Waals surface area (Å²) in [6.45, 7) is 8.09. The second-order valence-electron chi connectivity index (χ2n) is 14.4. The highest BCUT2D eigenvalue weighted by atomic mass is 32.2. The first-order valence-corrected chi connectivity index (χ1v) is 20.3. The van der Waals surface area contributed by atoms with Crippen molar-refractivity contribution >= 4 is 49.2 Å². The van der Waals surface area contributed by atoms with E-state index in [0.717, 1.165) is 11.1 Å². The zero-order valence-electron chi connectivity index (χ0n) is 30.9. The van der Waals surface area contributed by atoms with Crippen molar-refractivity contribution in [1.82, 2.24) is 25.7 Å². The lowest BCUT2D eigenvalue weighted by Crippen LogP contribution is -2.31. The first kappa shape index (κ1) is 40.0. The van der Waals surface area contributed by atoms with Crippen LogP contribution in [-0.2, 0) is 47.2 Å². The Hall–Kier alpha value is -5.69. The van der Waals surface area contributed by atoms with Gasteiger partial charge < -0.3 is 15.3 Å². The Morgan fingerprint density at radius 2 is 1.46 bits per heavy atom. The number of hydrogen-bond donors (Lipinski definition) is 4. The molecular weight excluding hydrogens is 763 g/mol. The van der Waals surface area contributed by atoms with E-state index in [1.54, 1.807) is 41.0 Å². The van der Waals surface area contributed by atoms with E-state index < -0.39 is 37.0 Å². The van der Waals surface area contributed by atoms with Crippen LogP contribution in [0.25, 0.3) is 11.4 Å². The maximum atomic E-state index is 13.2. The van der Waals surface area contributed by atoms with Crippen LogP contribution in [0.2, 0.25) is 0 Å². The average Bonchev–Trinajstić information content (AvgIpc) is 3.49. The number of rotatable bonds is 13. The maximum Gasteiger partial charge on any atom is 0.309 e. The molecule has 3 heterocycles. The lowest BCUT2D eigenvalue weighted by Gasteiger charge is -2.27. The Labute approximate surface area is 323 Å². The van der Waals surface area contributed by atoms with Gasteiger partial charge in [0.1, 0.15) is 6.42 Å². The van der Waals surface area contributed by atoms with Crippen LogP contribution in [0.3, 0.4) is 0 Å². The molecule has 0 radical (unpaired) electrons. The van der Waals surface area contributed by atoms with Gasteiger partial charge in [0.2, 0.25) is 17.4 Å². The van der Waals surface area contributed by atoms with Crippen molar-refractivity contribution in [2.24, 2.45) is 0 Å². The van der Waals surface area contributed by atoms with Crippen molar-refractivity contribution in [2.75, 3.05) is 18.0 Å². The summed E-state index contributed by atoms with van der Waals surface area (Å²) in [5.74, 6) is -0.874. The van der Waals surface area contributed by atoms with E-state index in [2.05, 4.69) is 25.7 Å². The SMILES string of the molecule is CC1(C)C(=CC=CC2=[N+](CCC(=O)O)c3ccc(S(=O)(=O)O)cc3C2(C)C)N(CCC(=O)NCc2ccc(-c3nncnn3)cc2)c2ccc(S(=O)(=O)O)cc21. The zero-order chi connectivity index (χ0) is 40.6. The largest absolute Gasteiger partial charge is 0.481 e. The second-order valence-corrected chi connectivity index (χ2v) is 17.2. The lowest BCUT2D eigenvalue weighted by atomic mass is 9.81. The van der Waals surface area contributed by atoms with E-state index in [1.165, 1.54) is 30.6 Å². The number of carboxylic acid groups (broad SMARTS) is 1. The summed E-state index contributed by atoms with van der Waals surface area (Å²) in [5.41, 5.74) is 3.78. The molecule has 0 aliphatic carbocycles. The van der Waals surface area contributed by atoms with Crippen molar-refractivity contribution in [3.05, 3.63) is 108 Å². The number of hydrogen-bond acceptors (Lipinski definition) is 11. The minimum absolute atomic E-state index is 0.0721. The van der Waals surface area contributed by atoms with Gasteiger partial charge in [0.05, 0.1) is 15.2 Å². The molecule has 1 amide bonds. The number of carboxylic acids is 1. The first-order chi connectivity index (χ1) is 26.3. The Morgan fingerprint density at radius 3 is 2.09 bits per heavy atom. The average molecular weight is 803 g/mol. The molecule has 0 bridgehead atoms. The summed E-state index contributed by atoms with van der Waals surface area (Å²) in [6, 6.07) is 15.8. The van der Waals surface area contributed by atoms with E-state index in [-0.39, 0.29) is 48.2 Å². The maximum absolute atomic E-state index is 13.2. The smallest absolute Gasteiger partial charge is 0.309 e. The molecule has 0 saturated carbocycles. The van der Waals surface area contributed by atoms with Gasteiger partial charge in [-0.15, -0.1) is 20.4 Å². The molecule has 16 nitrogen and oxygen atoms in total. The van der Waals surface area contributed by atoms with Crippen molar-refractivity contribution in [3.63, 3.8) is 0 Å². The topological polar surface area (TPSA) is 233 Å². The van der Waals surface area contributed by atoms with Gasteiger partial charge in [-0.2, -0.15) is 21.4 Å². The molecule has 18 heteroatoms. The third kappa shape index (κ3) is 8.13. The molecule has 56 heavy (non-hydrogen) atoms. The van der Waals surface area contributed by atoms with Crippen molar-refractivity contribution in [1.29, 1.82) is 0 Å². The van der Waals surface area contributed by atoms with Gasteiger partial charge in [-0.25, -0.2) is 0 Å². The minimum Gasteiger partial charge on any atom is -0.481 e. The lowest BCUT2D eigenvalue weighted by molar-refractivity contribution is -0.436. The molecule has 292 valence electrons. The fraction of sp³-hybridized carbons (Fsp3) is 0.289.